The van der Waals surface area contributed by atoms with E-state index in [0.717, 1.165) is 0 Å². The molecule has 0 aliphatic carbocycles. The summed E-state index contributed by atoms with van der Waals surface area (Å²) in [5.74, 6) is -0.0911. The molecule has 0 bridgehead atoms. The quantitative estimate of drug-likeness (QED) is 0.238. The first-order valence-corrected chi connectivity index (χ1v) is 20.3. The van der Waals surface area contributed by atoms with E-state index in [1.54, 1.807) is 35.2 Å². The minimum Gasteiger partial charge on any atom is -0.414 e. The number of benzene rings is 1. The summed E-state index contributed by atoms with van der Waals surface area (Å²) in [4.78, 5) is 26.3. The molecular weight excluding hydrogens is 623 g/mol. The van der Waals surface area contributed by atoms with E-state index in [1.807, 2.05) is 6.07 Å². The Hall–Kier alpha value is -2.57. The third-order valence-corrected chi connectivity index (χ3v) is 19.7. The molecule has 0 spiro atoms. The van der Waals surface area contributed by atoms with Gasteiger partial charge in [-0.3, -0.25) is 9.36 Å². The van der Waals surface area contributed by atoms with Crippen molar-refractivity contribution in [2.45, 2.75) is 114 Å². The van der Waals surface area contributed by atoms with Crippen LogP contribution >= 0.6 is 0 Å². The number of nitrogens with zero attached hydrogens (tertiary/aromatic N) is 4. The SMILES string of the molecule is CC(C)[Si]1(C(C)C)OC[C@H]2OC(n3cnc4c(NC(=O)c5ccccc5)ncnc43)[C@@](O)(CCCO)[C@@H]2O[Si](C(C)C)(C(C)C)O1. The second-order valence-electron chi connectivity index (χ2n) is 13.7. The third-order valence-electron chi connectivity index (χ3n) is 9.50. The molecule has 1 amide bonds. The number of aliphatic hydroxyl groups excluding tert-OH is 1. The van der Waals surface area contributed by atoms with Crippen LogP contribution in [0.3, 0.4) is 0 Å². The minimum absolute atomic E-state index is 0.0537. The zero-order valence-electron chi connectivity index (χ0n) is 28.1. The van der Waals surface area contributed by atoms with Gasteiger partial charge in [-0.15, -0.1) is 0 Å². The maximum absolute atomic E-state index is 13.0. The Bertz CT molecular complexity index is 1490. The zero-order chi connectivity index (χ0) is 33.4. The van der Waals surface area contributed by atoms with E-state index in [-0.39, 0.29) is 53.5 Å². The molecule has 3 N–H and O–H groups in total. The van der Waals surface area contributed by atoms with E-state index in [0.29, 0.717) is 23.1 Å². The number of hydrogen-bond acceptors (Lipinski definition) is 10. The summed E-state index contributed by atoms with van der Waals surface area (Å²) in [5.41, 5.74) is 0.0295. The highest BCUT2D eigenvalue weighted by molar-refractivity contribution is 6.84. The van der Waals surface area contributed by atoms with Crippen LogP contribution in [0.4, 0.5) is 5.82 Å². The molecule has 4 heterocycles. The molecule has 12 nitrogen and oxygen atoms in total. The van der Waals surface area contributed by atoms with Gasteiger partial charge in [-0.2, -0.15) is 0 Å². The number of hydrogen-bond donors (Lipinski definition) is 3. The topological polar surface area (TPSA) is 150 Å². The van der Waals surface area contributed by atoms with Gasteiger partial charge in [-0.1, -0.05) is 73.6 Å². The summed E-state index contributed by atoms with van der Waals surface area (Å²) in [6.45, 7) is 17.2. The van der Waals surface area contributed by atoms with Crippen LogP contribution in [-0.4, -0.2) is 83.8 Å². The van der Waals surface area contributed by atoms with Gasteiger partial charge in [0.15, 0.2) is 23.2 Å². The van der Waals surface area contributed by atoms with E-state index in [2.05, 4.69) is 75.7 Å². The number of aliphatic hydroxyl groups is 2. The van der Waals surface area contributed by atoms with Gasteiger partial charge >= 0.3 is 17.1 Å². The monoisotopic (exact) mass is 671 g/mol. The highest BCUT2D eigenvalue weighted by Gasteiger charge is 2.65. The van der Waals surface area contributed by atoms with Gasteiger partial charge in [0.1, 0.15) is 24.1 Å². The molecule has 4 atom stereocenters. The van der Waals surface area contributed by atoms with Crippen LogP contribution < -0.4 is 5.32 Å². The average molecular weight is 672 g/mol. The first-order chi connectivity index (χ1) is 21.8. The molecule has 5 rings (SSSR count). The molecule has 2 aliphatic heterocycles. The summed E-state index contributed by atoms with van der Waals surface area (Å²) in [7, 11) is -5.93. The molecule has 252 valence electrons. The number of aromatic nitrogens is 4. The molecule has 2 aliphatic rings. The number of fused-ring (bicyclic) bond motifs is 2. The fraction of sp³-hybridized carbons (Fsp3) is 0.625. The van der Waals surface area contributed by atoms with E-state index in [4.69, 9.17) is 17.7 Å². The Morgan fingerprint density at radius 3 is 2.26 bits per heavy atom. The summed E-state index contributed by atoms with van der Waals surface area (Å²) in [6, 6.07) is 8.84. The Morgan fingerprint density at radius 2 is 1.65 bits per heavy atom. The van der Waals surface area contributed by atoms with E-state index in [9.17, 15) is 15.0 Å². The van der Waals surface area contributed by atoms with Crippen molar-refractivity contribution in [1.29, 1.82) is 0 Å². The number of imidazole rings is 1. The van der Waals surface area contributed by atoms with Crippen LogP contribution in [0.1, 0.15) is 84.8 Å². The van der Waals surface area contributed by atoms with Crippen LogP contribution in [-0.2, 0) is 17.7 Å². The number of carbonyl (C=O) groups is 1. The number of carbonyl (C=O) groups excluding carboxylic acids is 1. The molecule has 46 heavy (non-hydrogen) atoms. The Labute approximate surface area is 273 Å². The standard InChI is InChI=1S/C32H49N5O7Si2/c1-20(2)45(21(3)4)41-17-25-27(43-46(44-45,22(5)6)23(7)8)32(40,15-12-16-38)31(42-25)37-19-35-26-28(33-18-34-29(26)37)36-30(39)24-13-10-9-11-14-24/h9-11,13-14,18-23,25,27,31,38,40H,12,15-17H2,1-8H3,(H,33,34,36,39)/t25-,27-,31?,32-/m1/s1. The third kappa shape index (κ3) is 5.98. The lowest BCUT2D eigenvalue weighted by molar-refractivity contribution is -0.113. The second kappa shape index (κ2) is 13.5. The molecule has 0 saturated carbocycles. The molecule has 14 heteroatoms. The summed E-state index contributed by atoms with van der Waals surface area (Å²) in [5, 5.41) is 25.5. The second-order valence-corrected chi connectivity index (χ2v) is 22.6. The Kier molecular flexibility index (Phi) is 10.2. The first-order valence-electron chi connectivity index (χ1n) is 16.3. The predicted octanol–water partition coefficient (Wildman–Crippen LogP) is 5.44. The van der Waals surface area contributed by atoms with Crippen LogP contribution in [0.5, 0.6) is 0 Å². The Balaban J connectivity index is 1.59. The van der Waals surface area contributed by atoms with Crippen molar-refractivity contribution in [1.82, 2.24) is 19.5 Å². The summed E-state index contributed by atoms with van der Waals surface area (Å²) in [6.07, 6.45) is 0.994. The maximum Gasteiger partial charge on any atom is 0.335 e. The van der Waals surface area contributed by atoms with E-state index in [1.165, 1.54) is 6.33 Å². The van der Waals surface area contributed by atoms with Crippen molar-refractivity contribution in [3.63, 3.8) is 0 Å². The molecule has 2 saturated heterocycles. The summed E-state index contributed by atoms with van der Waals surface area (Å²) < 4.78 is 29.9. The van der Waals surface area contributed by atoms with Gasteiger partial charge in [0.25, 0.3) is 5.91 Å². The Morgan fingerprint density at radius 1 is 1.00 bits per heavy atom. The molecule has 2 aromatic heterocycles. The number of anilines is 1. The van der Waals surface area contributed by atoms with Crippen LogP contribution in [0.15, 0.2) is 43.0 Å². The largest absolute Gasteiger partial charge is 0.414 e. The number of nitrogens with one attached hydrogen (secondary N) is 1. The van der Waals surface area contributed by atoms with Gasteiger partial charge in [-0.05, 0) is 47.1 Å². The molecular formula is C32H49N5O7Si2. The predicted molar refractivity (Wildman–Crippen MR) is 179 cm³/mol. The first kappa shape index (κ1) is 34.8. The van der Waals surface area contributed by atoms with Gasteiger partial charge < -0.3 is 33.2 Å². The van der Waals surface area contributed by atoms with Crippen molar-refractivity contribution in [2.75, 3.05) is 18.5 Å². The van der Waals surface area contributed by atoms with Crippen LogP contribution in [0.25, 0.3) is 11.2 Å². The highest BCUT2D eigenvalue weighted by Crippen LogP contribution is 2.52. The maximum atomic E-state index is 13.0. The number of rotatable bonds is 10. The minimum atomic E-state index is -3.09. The molecule has 3 aromatic rings. The number of amides is 1. The molecule has 1 aromatic carbocycles. The van der Waals surface area contributed by atoms with Crippen molar-refractivity contribution >= 4 is 40.0 Å². The van der Waals surface area contributed by atoms with Gasteiger partial charge in [0.05, 0.1) is 12.9 Å². The van der Waals surface area contributed by atoms with E-state index >= 15 is 0 Å². The molecule has 1 unspecified atom stereocenters. The lowest BCUT2D eigenvalue weighted by Gasteiger charge is -2.52. The van der Waals surface area contributed by atoms with Crippen molar-refractivity contribution < 1.29 is 32.7 Å². The zero-order valence-corrected chi connectivity index (χ0v) is 30.1. The number of ether oxygens (including phenoxy) is 1. The van der Waals surface area contributed by atoms with Crippen LogP contribution in [0, 0.1) is 0 Å². The highest BCUT2D eigenvalue weighted by atomic mass is 28.5. The van der Waals surface area contributed by atoms with Gasteiger partial charge in [-0.25, -0.2) is 15.0 Å². The van der Waals surface area contributed by atoms with Gasteiger partial charge in [0.2, 0.25) is 0 Å². The smallest absolute Gasteiger partial charge is 0.335 e. The lowest BCUT2D eigenvalue weighted by atomic mass is 9.89. The average Bonchev–Trinajstić information content (AvgIpc) is 3.55. The van der Waals surface area contributed by atoms with E-state index < -0.39 is 41.2 Å². The van der Waals surface area contributed by atoms with Crippen molar-refractivity contribution in [3.8, 4) is 0 Å². The molecule has 2 fully saturated rings. The van der Waals surface area contributed by atoms with Gasteiger partial charge in [0, 0.05) is 12.2 Å². The fourth-order valence-corrected chi connectivity index (χ4v) is 18.3. The fourth-order valence-electron chi connectivity index (χ4n) is 7.06. The normalized spacial score (nSPS) is 26.1. The van der Waals surface area contributed by atoms with Crippen molar-refractivity contribution in [3.05, 3.63) is 48.5 Å². The lowest BCUT2D eigenvalue weighted by Crippen LogP contribution is -2.67. The molecule has 0 radical (unpaired) electrons. The summed E-state index contributed by atoms with van der Waals surface area (Å²) >= 11 is 0. The van der Waals surface area contributed by atoms with Crippen molar-refractivity contribution in [2.24, 2.45) is 0 Å². The van der Waals surface area contributed by atoms with Crippen LogP contribution in [0.2, 0.25) is 22.2 Å².